The van der Waals surface area contributed by atoms with Crippen LogP contribution in [0.15, 0.2) is 40.6 Å². The fourth-order valence-corrected chi connectivity index (χ4v) is 4.98. The third-order valence-corrected chi connectivity index (χ3v) is 7.05. The molecule has 208 valence electrons. The molecule has 1 aliphatic heterocycles. The van der Waals surface area contributed by atoms with Gasteiger partial charge in [0.2, 0.25) is 40.0 Å². The lowest BCUT2D eigenvalue weighted by atomic mass is 10.2. The van der Waals surface area contributed by atoms with E-state index in [9.17, 15) is 26.7 Å². The van der Waals surface area contributed by atoms with Crippen LogP contribution in [0, 0.1) is 29.1 Å². The number of rotatable bonds is 7. The average Bonchev–Trinajstić information content (AvgIpc) is 3.65. The molecule has 0 atom stereocenters. The number of ether oxygens (including phenoxy) is 3. The molecular weight excluding hydrogens is 559 g/mol. The molecule has 0 spiro atoms. The molecule has 0 aliphatic carbocycles. The Morgan fingerprint density at radius 2 is 1.52 bits per heavy atom. The summed E-state index contributed by atoms with van der Waals surface area (Å²) in [4.78, 5) is 19.0. The standard InChI is InChI=1S/C26H19F5N4O4S/c1-37-16-11-15(35-7-3-4-8-35)17(38-2)10-14(16)33-34-26-32-13-6-5-12(9-18(13)40-26)25(36)39-24-22(30)20(28)19(27)21(29)23(24)31/h5-6,9-11H,3-4,7-8H2,1-2H3/b34-33+. The highest BCUT2D eigenvalue weighted by molar-refractivity contribution is 7.21. The minimum atomic E-state index is -2.36. The lowest BCUT2D eigenvalue weighted by Crippen LogP contribution is -2.18. The van der Waals surface area contributed by atoms with Gasteiger partial charge < -0.3 is 19.1 Å². The highest BCUT2D eigenvalue weighted by Crippen LogP contribution is 2.42. The molecule has 0 amide bonds. The minimum absolute atomic E-state index is 0.213. The first kappa shape index (κ1) is 27.2. The highest BCUT2D eigenvalue weighted by atomic mass is 32.1. The van der Waals surface area contributed by atoms with Crippen molar-refractivity contribution >= 4 is 44.0 Å². The van der Waals surface area contributed by atoms with Crippen molar-refractivity contribution in [3.05, 3.63) is 65.0 Å². The molecule has 40 heavy (non-hydrogen) atoms. The molecule has 0 unspecified atom stereocenters. The number of azo groups is 1. The number of carbonyl (C=O) groups excluding carboxylic acids is 1. The second-order valence-corrected chi connectivity index (χ2v) is 9.57. The van der Waals surface area contributed by atoms with Gasteiger partial charge in [-0.3, -0.25) is 0 Å². The predicted octanol–water partition coefficient (Wildman–Crippen LogP) is 7.24. The second kappa shape index (κ2) is 11.0. The topological polar surface area (TPSA) is 85.6 Å². The number of anilines is 1. The van der Waals surface area contributed by atoms with Crippen LogP contribution in [-0.2, 0) is 0 Å². The maximum absolute atomic E-state index is 13.9. The number of benzene rings is 3. The summed E-state index contributed by atoms with van der Waals surface area (Å²) in [5.74, 6) is -13.3. The van der Waals surface area contributed by atoms with Crippen LogP contribution >= 0.6 is 11.3 Å². The molecule has 4 aromatic rings. The van der Waals surface area contributed by atoms with Crippen molar-refractivity contribution in [1.82, 2.24) is 4.98 Å². The van der Waals surface area contributed by atoms with Crippen molar-refractivity contribution in [1.29, 1.82) is 0 Å². The average molecular weight is 579 g/mol. The maximum atomic E-state index is 13.9. The Balaban J connectivity index is 1.40. The van der Waals surface area contributed by atoms with Gasteiger partial charge in [-0.25, -0.2) is 22.9 Å². The first-order valence-electron chi connectivity index (χ1n) is 11.8. The van der Waals surface area contributed by atoms with Crippen LogP contribution in [0.1, 0.15) is 23.2 Å². The number of hydrogen-bond acceptors (Lipinski definition) is 9. The van der Waals surface area contributed by atoms with E-state index < -0.39 is 40.8 Å². The third kappa shape index (κ3) is 5.01. The Bertz CT molecular complexity index is 1630. The van der Waals surface area contributed by atoms with Gasteiger partial charge in [0.15, 0.2) is 0 Å². The number of thiazole rings is 1. The van der Waals surface area contributed by atoms with Gasteiger partial charge in [-0.2, -0.15) is 8.78 Å². The third-order valence-electron chi connectivity index (χ3n) is 6.15. The van der Waals surface area contributed by atoms with Gasteiger partial charge >= 0.3 is 5.97 Å². The SMILES string of the molecule is COc1cc(N2CCCC2)c(OC)cc1/N=N/c1nc2ccc(C(=O)Oc3c(F)c(F)c(F)c(F)c3F)cc2s1. The van der Waals surface area contributed by atoms with Crippen LogP contribution in [0.2, 0.25) is 0 Å². The van der Waals surface area contributed by atoms with E-state index in [4.69, 9.17) is 9.47 Å². The molecule has 0 N–H and O–H groups in total. The van der Waals surface area contributed by atoms with Crippen molar-refractivity contribution < 1.29 is 41.0 Å². The molecule has 8 nitrogen and oxygen atoms in total. The summed E-state index contributed by atoms with van der Waals surface area (Å²) < 4.78 is 84.0. The smallest absolute Gasteiger partial charge is 0.343 e. The number of nitrogens with zero attached hydrogens (tertiary/aromatic N) is 4. The number of esters is 1. The largest absolute Gasteiger partial charge is 0.494 e. The Morgan fingerprint density at radius 3 is 2.17 bits per heavy atom. The number of methoxy groups -OCH3 is 2. The molecule has 2 heterocycles. The van der Waals surface area contributed by atoms with Gasteiger partial charge in [0.25, 0.3) is 0 Å². The monoisotopic (exact) mass is 578 g/mol. The zero-order chi connectivity index (χ0) is 28.6. The van der Waals surface area contributed by atoms with E-state index in [1.54, 1.807) is 13.2 Å². The molecule has 1 fully saturated rings. The molecule has 0 saturated carbocycles. The van der Waals surface area contributed by atoms with Gasteiger partial charge in [0.05, 0.1) is 35.7 Å². The first-order valence-corrected chi connectivity index (χ1v) is 12.6. The summed E-state index contributed by atoms with van der Waals surface area (Å²) in [6, 6.07) is 7.46. The molecule has 5 rings (SSSR count). The van der Waals surface area contributed by atoms with Crippen molar-refractivity contribution in [2.24, 2.45) is 10.2 Å². The van der Waals surface area contributed by atoms with Crippen LogP contribution in [0.3, 0.4) is 0 Å². The van der Waals surface area contributed by atoms with Crippen molar-refractivity contribution in [2.45, 2.75) is 12.8 Å². The van der Waals surface area contributed by atoms with E-state index in [0.29, 0.717) is 27.4 Å². The van der Waals surface area contributed by atoms with E-state index in [2.05, 4.69) is 24.8 Å². The van der Waals surface area contributed by atoms with E-state index in [0.717, 1.165) is 43.0 Å². The lowest BCUT2D eigenvalue weighted by Gasteiger charge is -2.21. The van der Waals surface area contributed by atoms with E-state index in [1.165, 1.54) is 25.3 Å². The van der Waals surface area contributed by atoms with Crippen LogP contribution in [0.25, 0.3) is 10.2 Å². The van der Waals surface area contributed by atoms with Crippen LogP contribution in [-0.4, -0.2) is 38.3 Å². The van der Waals surface area contributed by atoms with Gasteiger partial charge in [0.1, 0.15) is 17.2 Å². The summed E-state index contributed by atoms with van der Waals surface area (Å²) in [5, 5.41) is 8.63. The molecule has 0 bridgehead atoms. The second-order valence-electron chi connectivity index (χ2n) is 8.56. The van der Waals surface area contributed by atoms with Gasteiger partial charge in [-0.1, -0.05) is 11.3 Å². The summed E-state index contributed by atoms with van der Waals surface area (Å²) in [6.45, 7) is 1.81. The summed E-state index contributed by atoms with van der Waals surface area (Å²) in [7, 11) is 3.07. The number of halogens is 5. The van der Waals surface area contributed by atoms with Gasteiger partial charge in [0, 0.05) is 25.2 Å². The molecule has 14 heteroatoms. The highest BCUT2D eigenvalue weighted by Gasteiger charge is 2.29. The molecule has 1 aliphatic rings. The zero-order valence-electron chi connectivity index (χ0n) is 20.9. The van der Waals surface area contributed by atoms with Crippen LogP contribution in [0.5, 0.6) is 17.2 Å². The quantitative estimate of drug-likeness (QED) is 0.0574. The Morgan fingerprint density at radius 1 is 0.875 bits per heavy atom. The van der Waals surface area contributed by atoms with E-state index >= 15 is 0 Å². The van der Waals surface area contributed by atoms with Crippen molar-refractivity contribution in [2.75, 3.05) is 32.2 Å². The summed E-state index contributed by atoms with van der Waals surface area (Å²) in [6.07, 6.45) is 2.17. The Labute approximate surface area is 227 Å². The van der Waals surface area contributed by atoms with Gasteiger partial charge in [-0.05, 0) is 31.0 Å². The normalized spacial score (nSPS) is 13.4. The van der Waals surface area contributed by atoms with Crippen molar-refractivity contribution in [3.63, 3.8) is 0 Å². The van der Waals surface area contributed by atoms with Crippen LogP contribution < -0.4 is 19.1 Å². The van der Waals surface area contributed by atoms with Crippen LogP contribution in [0.4, 0.5) is 38.5 Å². The van der Waals surface area contributed by atoms with Gasteiger partial charge in [-0.15, -0.1) is 10.2 Å². The Kier molecular flexibility index (Phi) is 7.52. The molecular formula is C26H19F5N4O4S. The number of fused-ring (bicyclic) bond motifs is 1. The number of carbonyl (C=O) groups is 1. The van der Waals surface area contributed by atoms with Crippen molar-refractivity contribution in [3.8, 4) is 17.2 Å². The summed E-state index contributed by atoms with van der Waals surface area (Å²) in [5.41, 5.74) is 1.49. The Hall–Kier alpha value is -4.33. The minimum Gasteiger partial charge on any atom is -0.494 e. The number of hydrogen-bond donors (Lipinski definition) is 0. The number of aromatic nitrogens is 1. The predicted molar refractivity (Wildman–Crippen MR) is 136 cm³/mol. The van der Waals surface area contributed by atoms with E-state index in [1.807, 2.05) is 6.07 Å². The summed E-state index contributed by atoms with van der Waals surface area (Å²) >= 11 is 1.04. The zero-order valence-corrected chi connectivity index (χ0v) is 21.8. The lowest BCUT2D eigenvalue weighted by molar-refractivity contribution is 0.0716. The molecule has 1 aromatic heterocycles. The fraction of sp³-hybridized carbons (Fsp3) is 0.231. The molecule has 0 radical (unpaired) electrons. The maximum Gasteiger partial charge on any atom is 0.343 e. The van der Waals surface area contributed by atoms with E-state index in [-0.39, 0.29) is 10.7 Å². The first-order chi connectivity index (χ1) is 19.2. The molecule has 3 aromatic carbocycles. The molecule has 1 saturated heterocycles. The fourth-order valence-electron chi connectivity index (χ4n) is 4.15.